The van der Waals surface area contributed by atoms with E-state index in [0.717, 1.165) is 57.2 Å². The van der Waals surface area contributed by atoms with E-state index in [4.69, 9.17) is 9.26 Å². The van der Waals surface area contributed by atoms with Crippen molar-refractivity contribution in [2.24, 2.45) is 5.92 Å². The number of hydrogen-bond donors (Lipinski definition) is 1. The van der Waals surface area contributed by atoms with Crippen molar-refractivity contribution in [1.82, 2.24) is 15.5 Å². The highest BCUT2D eigenvalue weighted by Crippen LogP contribution is 2.16. The lowest BCUT2D eigenvalue weighted by molar-refractivity contribution is 0.185. The van der Waals surface area contributed by atoms with Crippen molar-refractivity contribution in [1.29, 1.82) is 0 Å². The van der Waals surface area contributed by atoms with Gasteiger partial charge in [-0.15, -0.1) is 0 Å². The predicted octanol–water partition coefficient (Wildman–Crippen LogP) is 1.58. The SMILES string of the molecule is CC(C)NCCCc1nc(CC2CCOC2)no1. The summed E-state index contributed by atoms with van der Waals surface area (Å²) in [6.45, 7) is 6.99. The van der Waals surface area contributed by atoms with Crippen LogP contribution in [0.1, 0.15) is 38.4 Å². The van der Waals surface area contributed by atoms with Crippen molar-refractivity contribution >= 4 is 0 Å². The van der Waals surface area contributed by atoms with Crippen LogP contribution in [-0.4, -0.2) is 35.9 Å². The Morgan fingerprint density at radius 3 is 3.06 bits per heavy atom. The summed E-state index contributed by atoms with van der Waals surface area (Å²) in [7, 11) is 0. The molecule has 1 N–H and O–H groups in total. The van der Waals surface area contributed by atoms with Crippen molar-refractivity contribution in [2.75, 3.05) is 19.8 Å². The van der Waals surface area contributed by atoms with Crippen LogP contribution in [0, 0.1) is 5.92 Å². The van der Waals surface area contributed by atoms with Gasteiger partial charge in [-0.2, -0.15) is 4.98 Å². The van der Waals surface area contributed by atoms with Crippen molar-refractivity contribution in [3.05, 3.63) is 11.7 Å². The van der Waals surface area contributed by atoms with Gasteiger partial charge in [-0.05, 0) is 25.3 Å². The molecule has 18 heavy (non-hydrogen) atoms. The van der Waals surface area contributed by atoms with Crippen LogP contribution < -0.4 is 5.32 Å². The molecule has 1 unspecified atom stereocenters. The van der Waals surface area contributed by atoms with Crippen LogP contribution in [0.5, 0.6) is 0 Å². The molecule has 0 radical (unpaired) electrons. The number of ether oxygens (including phenoxy) is 1. The molecule has 0 bridgehead atoms. The number of nitrogens with zero attached hydrogens (tertiary/aromatic N) is 2. The Balaban J connectivity index is 1.68. The third-order valence-corrected chi connectivity index (χ3v) is 3.13. The summed E-state index contributed by atoms with van der Waals surface area (Å²) in [5.41, 5.74) is 0. The molecule has 0 amide bonds. The third-order valence-electron chi connectivity index (χ3n) is 3.13. The minimum atomic E-state index is 0.533. The van der Waals surface area contributed by atoms with Crippen molar-refractivity contribution in [3.8, 4) is 0 Å². The van der Waals surface area contributed by atoms with Gasteiger partial charge in [0.2, 0.25) is 5.89 Å². The molecule has 1 atom stereocenters. The van der Waals surface area contributed by atoms with Gasteiger partial charge >= 0.3 is 0 Å². The van der Waals surface area contributed by atoms with Crippen LogP contribution >= 0.6 is 0 Å². The summed E-state index contributed by atoms with van der Waals surface area (Å²) >= 11 is 0. The molecular weight excluding hydrogens is 230 g/mol. The largest absolute Gasteiger partial charge is 0.381 e. The first-order valence-corrected chi connectivity index (χ1v) is 6.86. The van der Waals surface area contributed by atoms with Crippen molar-refractivity contribution < 1.29 is 9.26 Å². The van der Waals surface area contributed by atoms with Gasteiger partial charge in [-0.25, -0.2) is 0 Å². The average Bonchev–Trinajstić information content (AvgIpc) is 2.97. The van der Waals surface area contributed by atoms with E-state index in [2.05, 4.69) is 29.3 Å². The highest BCUT2D eigenvalue weighted by Gasteiger charge is 2.18. The topological polar surface area (TPSA) is 60.2 Å². The molecular formula is C13H23N3O2. The molecule has 1 fully saturated rings. The van der Waals surface area contributed by atoms with Crippen molar-refractivity contribution in [3.63, 3.8) is 0 Å². The lowest BCUT2D eigenvalue weighted by Gasteiger charge is -2.05. The number of rotatable bonds is 7. The first-order chi connectivity index (χ1) is 8.74. The van der Waals surface area contributed by atoms with Gasteiger partial charge in [-0.3, -0.25) is 0 Å². The summed E-state index contributed by atoms with van der Waals surface area (Å²) in [6.07, 6.45) is 3.89. The predicted molar refractivity (Wildman–Crippen MR) is 68.4 cm³/mol. The number of nitrogens with one attached hydrogen (secondary N) is 1. The Kier molecular flexibility index (Phi) is 5.13. The lowest BCUT2D eigenvalue weighted by Crippen LogP contribution is -2.23. The van der Waals surface area contributed by atoms with E-state index in [0.29, 0.717) is 12.0 Å². The fourth-order valence-electron chi connectivity index (χ4n) is 2.11. The van der Waals surface area contributed by atoms with Gasteiger partial charge in [0.05, 0.1) is 0 Å². The van der Waals surface area contributed by atoms with Gasteiger partial charge < -0.3 is 14.6 Å². The third kappa shape index (κ3) is 4.38. The summed E-state index contributed by atoms with van der Waals surface area (Å²) < 4.78 is 10.6. The average molecular weight is 253 g/mol. The maximum atomic E-state index is 5.34. The van der Waals surface area contributed by atoms with Crippen LogP contribution in [0.15, 0.2) is 4.52 Å². The zero-order chi connectivity index (χ0) is 12.8. The summed E-state index contributed by atoms with van der Waals surface area (Å²) in [5.74, 6) is 2.16. The fraction of sp³-hybridized carbons (Fsp3) is 0.846. The normalized spacial score (nSPS) is 19.8. The molecule has 1 aliphatic rings. The Labute approximate surface area is 108 Å². The van der Waals surface area contributed by atoms with E-state index >= 15 is 0 Å². The zero-order valence-corrected chi connectivity index (χ0v) is 11.3. The Hall–Kier alpha value is -0.940. The van der Waals surface area contributed by atoms with Crippen LogP contribution in [0.25, 0.3) is 0 Å². The van der Waals surface area contributed by atoms with E-state index in [-0.39, 0.29) is 0 Å². The first kappa shape index (κ1) is 13.5. The number of aromatic nitrogens is 2. The van der Waals surface area contributed by atoms with Crippen LogP contribution in [0.4, 0.5) is 0 Å². The molecule has 102 valence electrons. The van der Waals surface area contributed by atoms with Gasteiger partial charge in [0.15, 0.2) is 5.82 Å². The van der Waals surface area contributed by atoms with E-state index in [1.165, 1.54) is 0 Å². The van der Waals surface area contributed by atoms with Crippen LogP contribution in [0.2, 0.25) is 0 Å². The van der Waals surface area contributed by atoms with E-state index in [9.17, 15) is 0 Å². The van der Waals surface area contributed by atoms with Crippen molar-refractivity contribution in [2.45, 2.75) is 45.6 Å². The highest BCUT2D eigenvalue weighted by atomic mass is 16.5. The lowest BCUT2D eigenvalue weighted by atomic mass is 10.1. The molecule has 5 heteroatoms. The molecule has 1 saturated heterocycles. The minimum Gasteiger partial charge on any atom is -0.381 e. The molecule has 2 rings (SSSR count). The molecule has 1 aromatic heterocycles. The molecule has 0 spiro atoms. The summed E-state index contributed by atoms with van der Waals surface area (Å²) in [5, 5.41) is 7.41. The standard InChI is InChI=1S/C13H23N3O2/c1-10(2)14-6-3-4-13-15-12(16-18-13)8-11-5-7-17-9-11/h10-11,14H,3-9H2,1-2H3. The Morgan fingerprint density at radius 1 is 1.44 bits per heavy atom. The van der Waals surface area contributed by atoms with Crippen LogP contribution in [0.3, 0.4) is 0 Å². The Morgan fingerprint density at radius 2 is 2.33 bits per heavy atom. The summed E-state index contributed by atoms with van der Waals surface area (Å²) in [4.78, 5) is 4.43. The molecule has 0 aliphatic carbocycles. The molecule has 0 aromatic carbocycles. The minimum absolute atomic E-state index is 0.533. The molecule has 2 heterocycles. The molecule has 1 aliphatic heterocycles. The second-order valence-electron chi connectivity index (χ2n) is 5.25. The van der Waals surface area contributed by atoms with Gasteiger partial charge in [0, 0.05) is 32.1 Å². The van der Waals surface area contributed by atoms with Gasteiger partial charge in [0.1, 0.15) is 0 Å². The number of aryl methyl sites for hydroxylation is 1. The molecule has 0 saturated carbocycles. The maximum absolute atomic E-state index is 5.34. The van der Waals surface area contributed by atoms with Gasteiger partial charge in [-0.1, -0.05) is 19.0 Å². The monoisotopic (exact) mass is 253 g/mol. The van der Waals surface area contributed by atoms with E-state index in [1.54, 1.807) is 0 Å². The molecule has 1 aromatic rings. The smallest absolute Gasteiger partial charge is 0.226 e. The quantitative estimate of drug-likeness (QED) is 0.748. The summed E-state index contributed by atoms with van der Waals surface area (Å²) in [6, 6.07) is 0.533. The van der Waals surface area contributed by atoms with Gasteiger partial charge in [0.25, 0.3) is 0 Å². The van der Waals surface area contributed by atoms with E-state index < -0.39 is 0 Å². The zero-order valence-electron chi connectivity index (χ0n) is 11.3. The van der Waals surface area contributed by atoms with E-state index in [1.807, 2.05) is 0 Å². The second-order valence-corrected chi connectivity index (χ2v) is 5.25. The second kappa shape index (κ2) is 6.85. The maximum Gasteiger partial charge on any atom is 0.226 e. The first-order valence-electron chi connectivity index (χ1n) is 6.86. The highest BCUT2D eigenvalue weighted by molar-refractivity contribution is 4.89. The van der Waals surface area contributed by atoms with Crippen LogP contribution in [-0.2, 0) is 17.6 Å². The fourth-order valence-corrected chi connectivity index (χ4v) is 2.11. The number of hydrogen-bond acceptors (Lipinski definition) is 5. The molecule has 5 nitrogen and oxygen atoms in total. The Bertz CT molecular complexity index is 346.